The van der Waals surface area contributed by atoms with E-state index in [2.05, 4.69) is 33.8 Å². The summed E-state index contributed by atoms with van der Waals surface area (Å²) in [6.07, 6.45) is 0.337. The fraction of sp³-hybridized carbons (Fsp3) is 0.562. The third kappa shape index (κ3) is 3.84. The van der Waals surface area contributed by atoms with E-state index in [-0.39, 0.29) is 5.97 Å². The maximum atomic E-state index is 12.1. The van der Waals surface area contributed by atoms with Crippen LogP contribution in [0.2, 0.25) is 0 Å². The van der Waals surface area contributed by atoms with Crippen LogP contribution in [0.25, 0.3) is 0 Å². The number of rotatable bonds is 5. The van der Waals surface area contributed by atoms with E-state index in [1.807, 2.05) is 25.1 Å². The molecule has 0 saturated carbocycles. The van der Waals surface area contributed by atoms with Crippen LogP contribution in [0.3, 0.4) is 0 Å². The fourth-order valence-corrected chi connectivity index (χ4v) is 3.54. The molecule has 1 aliphatic rings. The summed E-state index contributed by atoms with van der Waals surface area (Å²) in [5.74, 6) is -0.165. The van der Waals surface area contributed by atoms with Gasteiger partial charge in [-0.2, -0.15) is 0 Å². The van der Waals surface area contributed by atoms with E-state index >= 15 is 0 Å². The van der Waals surface area contributed by atoms with Crippen molar-refractivity contribution in [2.24, 2.45) is 0 Å². The molecule has 21 heavy (non-hydrogen) atoms. The summed E-state index contributed by atoms with van der Waals surface area (Å²) in [4.78, 5) is 14.4. The van der Waals surface area contributed by atoms with Gasteiger partial charge in [0.2, 0.25) is 0 Å². The first-order chi connectivity index (χ1) is 10.1. The largest absolute Gasteiger partial charge is 0.466 e. The first kappa shape index (κ1) is 16.5. The van der Waals surface area contributed by atoms with Crippen molar-refractivity contribution in [3.63, 3.8) is 0 Å². The molecule has 0 N–H and O–H groups in total. The maximum absolute atomic E-state index is 12.1. The van der Waals surface area contributed by atoms with Crippen LogP contribution in [-0.4, -0.2) is 43.8 Å². The number of halogens is 1. The highest BCUT2D eigenvalue weighted by atomic mass is 79.9. The van der Waals surface area contributed by atoms with E-state index in [1.165, 1.54) is 0 Å². The number of esters is 1. The number of benzene rings is 1. The molecule has 2 rings (SSSR count). The van der Waals surface area contributed by atoms with Crippen LogP contribution in [0, 0.1) is 0 Å². The van der Waals surface area contributed by atoms with Crippen molar-refractivity contribution in [1.82, 2.24) is 4.90 Å². The van der Waals surface area contributed by atoms with Crippen molar-refractivity contribution in [1.29, 1.82) is 0 Å². The second-order valence-electron chi connectivity index (χ2n) is 5.33. The van der Waals surface area contributed by atoms with Crippen LogP contribution in [0.4, 0.5) is 0 Å². The molecular formula is C16H22BrNO3. The molecule has 0 amide bonds. The Morgan fingerprint density at radius 2 is 2.05 bits per heavy atom. The number of ether oxygens (including phenoxy) is 2. The van der Waals surface area contributed by atoms with Crippen molar-refractivity contribution in [3.8, 4) is 0 Å². The normalized spacial score (nSPS) is 19.0. The number of hydrogen-bond donors (Lipinski definition) is 0. The molecule has 1 unspecified atom stereocenters. The Morgan fingerprint density at radius 1 is 1.38 bits per heavy atom. The van der Waals surface area contributed by atoms with E-state index in [0.29, 0.717) is 26.2 Å². The molecule has 0 bridgehead atoms. The molecular weight excluding hydrogens is 334 g/mol. The summed E-state index contributed by atoms with van der Waals surface area (Å²) in [5.41, 5.74) is 0.718. The zero-order chi connectivity index (χ0) is 15.3. The summed E-state index contributed by atoms with van der Waals surface area (Å²) < 4.78 is 11.6. The van der Waals surface area contributed by atoms with Gasteiger partial charge < -0.3 is 9.47 Å². The molecule has 1 aromatic carbocycles. The minimum atomic E-state index is -0.393. The molecule has 116 valence electrons. The first-order valence-corrected chi connectivity index (χ1v) is 8.10. The Hall–Kier alpha value is -0.910. The zero-order valence-electron chi connectivity index (χ0n) is 12.6. The number of carbonyl (C=O) groups excluding carboxylic acids is 1. The number of carbonyl (C=O) groups is 1. The van der Waals surface area contributed by atoms with Gasteiger partial charge in [0.1, 0.15) is 0 Å². The predicted octanol–water partition coefficient (Wildman–Crippen LogP) is 2.95. The molecule has 1 heterocycles. The molecule has 1 aromatic rings. The summed E-state index contributed by atoms with van der Waals surface area (Å²) in [6, 6.07) is 8.07. The fourth-order valence-electron chi connectivity index (χ4n) is 2.83. The van der Waals surface area contributed by atoms with Crippen LogP contribution in [0.15, 0.2) is 28.7 Å². The van der Waals surface area contributed by atoms with E-state index in [9.17, 15) is 4.79 Å². The molecule has 1 aliphatic heterocycles. The highest BCUT2D eigenvalue weighted by Crippen LogP contribution is 2.37. The highest BCUT2D eigenvalue weighted by Gasteiger charge is 2.38. The van der Waals surface area contributed by atoms with E-state index < -0.39 is 5.54 Å². The maximum Gasteiger partial charge on any atom is 0.308 e. The van der Waals surface area contributed by atoms with Crippen LogP contribution in [-0.2, 0) is 19.8 Å². The molecule has 1 fully saturated rings. The van der Waals surface area contributed by atoms with Gasteiger partial charge in [-0.25, -0.2) is 0 Å². The molecule has 1 saturated heterocycles. The second-order valence-corrected chi connectivity index (χ2v) is 6.19. The summed E-state index contributed by atoms with van der Waals surface area (Å²) in [5, 5.41) is 0. The zero-order valence-corrected chi connectivity index (χ0v) is 14.2. The molecule has 5 heteroatoms. The Labute approximate surface area is 134 Å². The lowest BCUT2D eigenvalue weighted by atomic mass is 9.86. The highest BCUT2D eigenvalue weighted by molar-refractivity contribution is 9.10. The Morgan fingerprint density at radius 3 is 2.67 bits per heavy atom. The molecule has 0 aromatic heterocycles. The smallest absolute Gasteiger partial charge is 0.308 e. The third-order valence-corrected chi connectivity index (χ3v) is 4.65. The van der Waals surface area contributed by atoms with Gasteiger partial charge >= 0.3 is 5.97 Å². The molecule has 0 spiro atoms. The van der Waals surface area contributed by atoms with Crippen molar-refractivity contribution in [2.45, 2.75) is 25.8 Å². The van der Waals surface area contributed by atoms with Gasteiger partial charge in [-0.05, 0) is 25.5 Å². The van der Waals surface area contributed by atoms with Crippen LogP contribution in [0.1, 0.15) is 25.8 Å². The van der Waals surface area contributed by atoms with Crippen LogP contribution in [0.5, 0.6) is 0 Å². The van der Waals surface area contributed by atoms with Crippen molar-refractivity contribution in [3.05, 3.63) is 34.3 Å². The molecule has 4 nitrogen and oxygen atoms in total. The lowest BCUT2D eigenvalue weighted by molar-refractivity contribution is -0.147. The van der Waals surface area contributed by atoms with E-state index in [1.54, 1.807) is 0 Å². The Balaban J connectivity index is 2.33. The SMILES string of the molecule is CCOC(=O)CC(C)(c1ccccc1Br)N1CCOCC1. The minimum absolute atomic E-state index is 0.165. The van der Waals surface area contributed by atoms with Crippen LogP contribution < -0.4 is 0 Å². The molecule has 1 atom stereocenters. The Kier molecular flexibility index (Phi) is 5.79. The number of nitrogens with zero attached hydrogens (tertiary/aromatic N) is 1. The monoisotopic (exact) mass is 355 g/mol. The van der Waals surface area contributed by atoms with Crippen LogP contribution >= 0.6 is 15.9 Å². The van der Waals surface area contributed by atoms with Crippen molar-refractivity contribution in [2.75, 3.05) is 32.9 Å². The van der Waals surface area contributed by atoms with Gasteiger partial charge in [0, 0.05) is 17.6 Å². The van der Waals surface area contributed by atoms with Crippen molar-refractivity contribution < 1.29 is 14.3 Å². The summed E-state index contributed by atoms with van der Waals surface area (Å²) >= 11 is 3.62. The molecule has 0 aliphatic carbocycles. The van der Waals surface area contributed by atoms with Crippen molar-refractivity contribution >= 4 is 21.9 Å². The average Bonchev–Trinajstić information content (AvgIpc) is 2.48. The number of morpholine rings is 1. The van der Waals surface area contributed by atoms with Gasteiger partial charge in [-0.1, -0.05) is 34.1 Å². The molecule has 0 radical (unpaired) electrons. The summed E-state index contributed by atoms with van der Waals surface area (Å²) in [7, 11) is 0. The average molecular weight is 356 g/mol. The lowest BCUT2D eigenvalue weighted by Crippen LogP contribution is -2.51. The van der Waals surface area contributed by atoms with Gasteiger partial charge in [0.25, 0.3) is 0 Å². The van der Waals surface area contributed by atoms with Gasteiger partial charge in [-0.3, -0.25) is 9.69 Å². The van der Waals surface area contributed by atoms with Gasteiger partial charge in [0.15, 0.2) is 0 Å². The number of hydrogen-bond acceptors (Lipinski definition) is 4. The van der Waals surface area contributed by atoms with Gasteiger partial charge in [-0.15, -0.1) is 0 Å². The predicted molar refractivity (Wildman–Crippen MR) is 85.1 cm³/mol. The standard InChI is InChI=1S/C16H22BrNO3/c1-3-21-15(19)12-16(2,18-8-10-20-11-9-18)13-6-4-5-7-14(13)17/h4-7H,3,8-12H2,1-2H3. The minimum Gasteiger partial charge on any atom is -0.466 e. The Bertz CT molecular complexity index is 488. The topological polar surface area (TPSA) is 38.8 Å². The summed E-state index contributed by atoms with van der Waals surface area (Å²) in [6.45, 7) is 7.38. The lowest BCUT2D eigenvalue weighted by Gasteiger charge is -2.43. The van der Waals surface area contributed by atoms with Gasteiger partial charge in [0.05, 0.1) is 31.8 Å². The van der Waals surface area contributed by atoms with E-state index in [4.69, 9.17) is 9.47 Å². The third-order valence-electron chi connectivity index (χ3n) is 3.96. The quantitative estimate of drug-likeness (QED) is 0.761. The second kappa shape index (κ2) is 7.38. The first-order valence-electron chi connectivity index (χ1n) is 7.31. The van der Waals surface area contributed by atoms with E-state index in [0.717, 1.165) is 23.1 Å².